The van der Waals surface area contributed by atoms with Gasteiger partial charge in [0.15, 0.2) is 0 Å². The van der Waals surface area contributed by atoms with E-state index in [9.17, 15) is 9.59 Å². The number of ether oxygens (including phenoxy) is 1. The Morgan fingerprint density at radius 3 is 2.48 bits per heavy atom. The van der Waals surface area contributed by atoms with Crippen LogP contribution >= 0.6 is 23.4 Å². The van der Waals surface area contributed by atoms with Crippen molar-refractivity contribution < 1.29 is 14.3 Å². The minimum atomic E-state index is -0.155. The van der Waals surface area contributed by atoms with Crippen LogP contribution in [0.2, 0.25) is 5.02 Å². The highest BCUT2D eigenvalue weighted by Gasteiger charge is 2.06. The largest absolute Gasteiger partial charge is 0.497 e. The Balaban J connectivity index is 1.65. The number of anilines is 1. The number of methoxy groups -OCH3 is 1. The zero-order chi connectivity index (χ0) is 18.1. The van der Waals surface area contributed by atoms with Crippen molar-refractivity contribution in [1.82, 2.24) is 5.32 Å². The summed E-state index contributed by atoms with van der Waals surface area (Å²) in [4.78, 5) is 23.7. The van der Waals surface area contributed by atoms with Gasteiger partial charge in [-0.3, -0.25) is 9.59 Å². The molecule has 132 valence electrons. The van der Waals surface area contributed by atoms with Gasteiger partial charge < -0.3 is 15.4 Å². The van der Waals surface area contributed by atoms with Gasteiger partial charge in [0, 0.05) is 17.3 Å². The number of hydrogen-bond acceptors (Lipinski definition) is 4. The third-order valence-electron chi connectivity index (χ3n) is 3.22. The molecule has 2 rings (SSSR count). The van der Waals surface area contributed by atoms with Crippen molar-refractivity contribution in [3.8, 4) is 5.75 Å². The summed E-state index contributed by atoms with van der Waals surface area (Å²) in [6.07, 6.45) is 0. The predicted molar refractivity (Wildman–Crippen MR) is 102 cm³/mol. The van der Waals surface area contributed by atoms with Crippen LogP contribution in [-0.2, 0) is 16.1 Å². The number of thioether (sulfide) groups is 1. The number of carbonyl (C=O) groups is 2. The number of carbonyl (C=O) groups excluding carboxylic acids is 2. The van der Waals surface area contributed by atoms with Gasteiger partial charge in [-0.05, 0) is 42.0 Å². The van der Waals surface area contributed by atoms with E-state index in [-0.39, 0.29) is 23.3 Å². The van der Waals surface area contributed by atoms with Crippen LogP contribution in [-0.4, -0.2) is 30.4 Å². The van der Waals surface area contributed by atoms with Crippen molar-refractivity contribution in [2.24, 2.45) is 0 Å². The Kier molecular flexibility index (Phi) is 7.63. The van der Waals surface area contributed by atoms with E-state index in [0.29, 0.717) is 17.3 Å². The van der Waals surface area contributed by atoms with E-state index in [1.54, 1.807) is 43.5 Å². The fourth-order valence-electron chi connectivity index (χ4n) is 2.01. The van der Waals surface area contributed by atoms with Gasteiger partial charge in [0.1, 0.15) is 5.75 Å². The maximum atomic E-state index is 11.9. The number of halogens is 1. The molecule has 2 amide bonds. The van der Waals surface area contributed by atoms with Gasteiger partial charge in [0.2, 0.25) is 11.8 Å². The number of nitrogens with one attached hydrogen (secondary N) is 2. The molecule has 0 fully saturated rings. The Bertz CT molecular complexity index is 723. The van der Waals surface area contributed by atoms with Crippen molar-refractivity contribution in [2.45, 2.75) is 6.54 Å². The van der Waals surface area contributed by atoms with Crippen LogP contribution in [0.4, 0.5) is 5.69 Å². The molecule has 0 saturated carbocycles. The van der Waals surface area contributed by atoms with Gasteiger partial charge in [-0.2, -0.15) is 0 Å². The maximum absolute atomic E-state index is 11.9. The number of amides is 2. The summed E-state index contributed by atoms with van der Waals surface area (Å²) < 4.78 is 5.06. The monoisotopic (exact) mass is 378 g/mol. The maximum Gasteiger partial charge on any atom is 0.234 e. The van der Waals surface area contributed by atoms with E-state index < -0.39 is 0 Å². The third-order valence-corrected chi connectivity index (χ3v) is 4.39. The lowest BCUT2D eigenvalue weighted by atomic mass is 10.2. The van der Waals surface area contributed by atoms with E-state index in [2.05, 4.69) is 10.6 Å². The molecule has 0 heterocycles. The summed E-state index contributed by atoms with van der Waals surface area (Å²) in [7, 11) is 1.58. The van der Waals surface area contributed by atoms with E-state index >= 15 is 0 Å². The summed E-state index contributed by atoms with van der Waals surface area (Å²) in [5.41, 5.74) is 1.62. The van der Waals surface area contributed by atoms with Gasteiger partial charge in [-0.1, -0.05) is 23.7 Å². The molecule has 2 N–H and O–H groups in total. The lowest BCUT2D eigenvalue weighted by molar-refractivity contribution is -0.118. The van der Waals surface area contributed by atoms with Crippen molar-refractivity contribution >= 4 is 40.9 Å². The minimum absolute atomic E-state index is 0.123. The van der Waals surface area contributed by atoms with Gasteiger partial charge in [-0.15, -0.1) is 11.8 Å². The molecule has 0 radical (unpaired) electrons. The highest BCUT2D eigenvalue weighted by Crippen LogP contribution is 2.15. The topological polar surface area (TPSA) is 67.4 Å². The second kappa shape index (κ2) is 9.96. The lowest BCUT2D eigenvalue weighted by Gasteiger charge is -2.07. The summed E-state index contributed by atoms with van der Waals surface area (Å²) in [6, 6.07) is 14.4. The average molecular weight is 379 g/mol. The van der Waals surface area contributed by atoms with E-state index in [1.807, 2.05) is 12.1 Å². The highest BCUT2D eigenvalue weighted by atomic mass is 35.5. The molecule has 0 bridgehead atoms. The molecule has 25 heavy (non-hydrogen) atoms. The second-order valence-electron chi connectivity index (χ2n) is 5.18. The first-order valence-corrected chi connectivity index (χ1v) is 9.13. The summed E-state index contributed by atoms with van der Waals surface area (Å²) in [6.45, 7) is 0.415. The molecule has 0 aliphatic rings. The van der Waals surface area contributed by atoms with Gasteiger partial charge >= 0.3 is 0 Å². The minimum Gasteiger partial charge on any atom is -0.497 e. The molecule has 0 saturated heterocycles. The highest BCUT2D eigenvalue weighted by molar-refractivity contribution is 8.00. The molecule has 0 atom stereocenters. The number of hydrogen-bond donors (Lipinski definition) is 2. The third kappa shape index (κ3) is 7.07. The van der Waals surface area contributed by atoms with Crippen LogP contribution in [0.15, 0.2) is 48.5 Å². The van der Waals surface area contributed by atoms with Crippen LogP contribution in [0.5, 0.6) is 5.75 Å². The van der Waals surface area contributed by atoms with Crippen molar-refractivity contribution in [3.63, 3.8) is 0 Å². The molecule has 5 nitrogen and oxygen atoms in total. The average Bonchev–Trinajstić information content (AvgIpc) is 2.61. The fraction of sp³-hybridized carbons (Fsp3) is 0.222. The van der Waals surface area contributed by atoms with Crippen LogP contribution < -0.4 is 15.4 Å². The van der Waals surface area contributed by atoms with Crippen molar-refractivity contribution in [3.05, 3.63) is 59.1 Å². The molecule has 2 aromatic carbocycles. The molecule has 2 aromatic rings. The molecule has 0 spiro atoms. The Morgan fingerprint density at radius 1 is 1.08 bits per heavy atom. The molecule has 0 unspecified atom stereocenters. The quantitative estimate of drug-likeness (QED) is 0.739. The fourth-order valence-corrected chi connectivity index (χ4v) is 2.87. The summed E-state index contributed by atoms with van der Waals surface area (Å²) in [5, 5.41) is 6.20. The standard InChI is InChI=1S/C18H19ClN2O3S/c1-24-16-7-5-15(6-8-16)21-18(23)12-25-11-17(22)20-10-13-3-2-4-14(19)9-13/h2-9H,10-12H2,1H3,(H,20,22)(H,21,23). The summed E-state index contributed by atoms with van der Waals surface area (Å²) >= 11 is 7.15. The zero-order valence-corrected chi connectivity index (χ0v) is 15.3. The normalized spacial score (nSPS) is 10.2. The van der Waals surface area contributed by atoms with E-state index in [0.717, 1.165) is 11.3 Å². The summed E-state index contributed by atoms with van der Waals surface area (Å²) in [5.74, 6) is 0.872. The second-order valence-corrected chi connectivity index (χ2v) is 6.60. The van der Waals surface area contributed by atoms with Gasteiger partial charge in [0.05, 0.1) is 18.6 Å². The van der Waals surface area contributed by atoms with Crippen LogP contribution in [0.1, 0.15) is 5.56 Å². The van der Waals surface area contributed by atoms with E-state index in [4.69, 9.17) is 16.3 Å². The first kappa shape index (κ1) is 19.1. The van der Waals surface area contributed by atoms with Crippen molar-refractivity contribution in [2.75, 3.05) is 23.9 Å². The van der Waals surface area contributed by atoms with Crippen LogP contribution in [0.3, 0.4) is 0 Å². The molecule has 0 aromatic heterocycles. The number of benzene rings is 2. The number of rotatable bonds is 8. The lowest BCUT2D eigenvalue weighted by Crippen LogP contribution is -2.25. The molecule has 7 heteroatoms. The Morgan fingerprint density at radius 2 is 1.80 bits per heavy atom. The van der Waals surface area contributed by atoms with Crippen molar-refractivity contribution in [1.29, 1.82) is 0 Å². The van der Waals surface area contributed by atoms with Crippen LogP contribution in [0, 0.1) is 0 Å². The van der Waals surface area contributed by atoms with Gasteiger partial charge in [0.25, 0.3) is 0 Å². The molecular weight excluding hydrogens is 360 g/mol. The molecule has 0 aliphatic heterocycles. The smallest absolute Gasteiger partial charge is 0.234 e. The Hall–Kier alpha value is -2.18. The SMILES string of the molecule is COc1ccc(NC(=O)CSCC(=O)NCc2cccc(Cl)c2)cc1. The first-order chi connectivity index (χ1) is 12.1. The van der Waals surface area contributed by atoms with E-state index in [1.165, 1.54) is 11.8 Å². The molecule has 0 aliphatic carbocycles. The zero-order valence-electron chi connectivity index (χ0n) is 13.8. The van der Waals surface area contributed by atoms with Gasteiger partial charge in [-0.25, -0.2) is 0 Å². The first-order valence-electron chi connectivity index (χ1n) is 7.59. The predicted octanol–water partition coefficient (Wildman–Crippen LogP) is 3.34. The van der Waals surface area contributed by atoms with Crippen LogP contribution in [0.25, 0.3) is 0 Å². The molecular formula is C18H19ClN2O3S. The Labute approximate surface area is 156 Å².